The van der Waals surface area contributed by atoms with Crippen LogP contribution in [0.4, 0.5) is 0 Å². The van der Waals surface area contributed by atoms with Gasteiger partial charge in [-0.2, -0.15) is 5.10 Å². The van der Waals surface area contributed by atoms with Crippen LogP contribution in [0.2, 0.25) is 0 Å². The molecule has 2 unspecified atom stereocenters. The molecule has 5 nitrogen and oxygen atoms in total. The van der Waals surface area contributed by atoms with Crippen molar-refractivity contribution >= 4 is 5.91 Å². The van der Waals surface area contributed by atoms with Crippen LogP contribution in [0.3, 0.4) is 0 Å². The maximum absolute atomic E-state index is 12.3. The topological polar surface area (TPSA) is 78.0 Å². The van der Waals surface area contributed by atoms with Gasteiger partial charge in [0.1, 0.15) is 5.69 Å². The molecule has 0 spiro atoms. The zero-order chi connectivity index (χ0) is 15.0. The zero-order valence-corrected chi connectivity index (χ0v) is 12.8. The predicted molar refractivity (Wildman–Crippen MR) is 77.6 cm³/mol. The van der Waals surface area contributed by atoms with Gasteiger partial charge in [-0.25, -0.2) is 0 Å². The molecule has 20 heavy (non-hydrogen) atoms. The first-order chi connectivity index (χ1) is 9.26. The van der Waals surface area contributed by atoms with Crippen molar-refractivity contribution in [2.24, 2.45) is 5.41 Å². The van der Waals surface area contributed by atoms with Crippen LogP contribution in [0, 0.1) is 5.41 Å². The van der Waals surface area contributed by atoms with Crippen molar-refractivity contribution in [1.29, 1.82) is 0 Å². The van der Waals surface area contributed by atoms with Crippen LogP contribution >= 0.6 is 0 Å². The molecule has 1 saturated carbocycles. The Labute approximate surface area is 120 Å². The zero-order valence-electron chi connectivity index (χ0n) is 12.8. The van der Waals surface area contributed by atoms with Gasteiger partial charge in [-0.3, -0.25) is 9.89 Å². The number of aliphatic hydroxyl groups is 1. The third-order valence-electron chi connectivity index (χ3n) is 4.37. The molecule has 0 saturated heterocycles. The summed E-state index contributed by atoms with van der Waals surface area (Å²) in [6.07, 6.45) is 2.90. The largest absolute Gasteiger partial charge is 0.396 e. The summed E-state index contributed by atoms with van der Waals surface area (Å²) in [7, 11) is 0. The molecule has 1 aromatic heterocycles. The highest BCUT2D eigenvalue weighted by atomic mass is 16.3. The Morgan fingerprint density at radius 3 is 2.85 bits per heavy atom. The van der Waals surface area contributed by atoms with Crippen molar-refractivity contribution in [3.63, 3.8) is 0 Å². The minimum Gasteiger partial charge on any atom is -0.396 e. The molecule has 0 aromatic carbocycles. The second-order valence-electron chi connectivity index (χ2n) is 7.15. The van der Waals surface area contributed by atoms with E-state index >= 15 is 0 Å². The molecule has 2 rings (SSSR count). The lowest BCUT2D eigenvalue weighted by atomic mass is 9.85. The molecule has 5 heteroatoms. The summed E-state index contributed by atoms with van der Waals surface area (Å²) in [5.74, 6) is -0.164. The SMILES string of the molecule is CC(C)(C)c1cc(C(=O)NC2CCCC2(C)CO)n[nH]1. The normalized spacial score (nSPS) is 26.8. The van der Waals surface area contributed by atoms with E-state index in [-0.39, 0.29) is 29.4 Å². The molecule has 0 aliphatic heterocycles. The first-order valence-electron chi connectivity index (χ1n) is 7.24. The number of aromatic amines is 1. The molecule has 0 bridgehead atoms. The molecule has 112 valence electrons. The number of carbonyl (C=O) groups is 1. The first-order valence-corrected chi connectivity index (χ1v) is 7.24. The fraction of sp³-hybridized carbons (Fsp3) is 0.733. The van der Waals surface area contributed by atoms with Crippen LogP contribution in [-0.2, 0) is 5.41 Å². The number of H-pyrrole nitrogens is 1. The lowest BCUT2D eigenvalue weighted by Crippen LogP contribution is -2.44. The van der Waals surface area contributed by atoms with Crippen molar-refractivity contribution in [3.8, 4) is 0 Å². The van der Waals surface area contributed by atoms with Gasteiger partial charge in [0.05, 0.1) is 6.61 Å². The number of hydrogen-bond donors (Lipinski definition) is 3. The highest BCUT2D eigenvalue weighted by Gasteiger charge is 2.39. The number of aromatic nitrogens is 2. The lowest BCUT2D eigenvalue weighted by molar-refractivity contribution is 0.0826. The Morgan fingerprint density at radius 1 is 1.60 bits per heavy atom. The van der Waals surface area contributed by atoms with E-state index in [9.17, 15) is 9.90 Å². The molecule has 1 aromatic rings. The van der Waals surface area contributed by atoms with Gasteiger partial charge >= 0.3 is 0 Å². The minimum absolute atomic E-state index is 0.0230. The second-order valence-corrected chi connectivity index (χ2v) is 7.15. The molecular weight excluding hydrogens is 254 g/mol. The van der Waals surface area contributed by atoms with Crippen LogP contribution in [0.5, 0.6) is 0 Å². The number of rotatable bonds is 3. The third kappa shape index (κ3) is 2.87. The fourth-order valence-electron chi connectivity index (χ4n) is 2.72. The number of aliphatic hydroxyl groups excluding tert-OH is 1. The van der Waals surface area contributed by atoms with Crippen LogP contribution in [0.15, 0.2) is 6.07 Å². The van der Waals surface area contributed by atoms with E-state index in [1.807, 2.05) is 6.92 Å². The summed E-state index contributed by atoms with van der Waals surface area (Å²) in [5, 5.41) is 19.6. The lowest BCUT2D eigenvalue weighted by Gasteiger charge is -2.29. The number of carbonyl (C=O) groups excluding carboxylic acids is 1. The van der Waals surface area contributed by atoms with Gasteiger partial charge in [0.2, 0.25) is 0 Å². The minimum atomic E-state index is -0.209. The average Bonchev–Trinajstić information content (AvgIpc) is 2.97. The summed E-state index contributed by atoms with van der Waals surface area (Å²) in [4.78, 5) is 12.3. The molecule has 1 heterocycles. The standard InChI is InChI=1S/C15H25N3O2/c1-14(2,3)12-8-10(17-18-12)13(20)16-11-6-5-7-15(11,4)9-19/h8,11,19H,5-7,9H2,1-4H3,(H,16,20)(H,17,18). The van der Waals surface area contributed by atoms with Crippen LogP contribution in [0.1, 0.15) is 63.1 Å². The molecule has 1 aliphatic carbocycles. The van der Waals surface area contributed by atoms with Gasteiger partial charge < -0.3 is 10.4 Å². The molecule has 1 aliphatic rings. The molecule has 3 N–H and O–H groups in total. The van der Waals surface area contributed by atoms with Crippen molar-refractivity contribution in [2.45, 2.75) is 58.4 Å². The first kappa shape index (κ1) is 15.0. The van der Waals surface area contributed by atoms with E-state index in [1.54, 1.807) is 6.07 Å². The monoisotopic (exact) mass is 279 g/mol. The van der Waals surface area contributed by atoms with E-state index in [0.717, 1.165) is 25.0 Å². The van der Waals surface area contributed by atoms with E-state index in [1.165, 1.54) is 0 Å². The van der Waals surface area contributed by atoms with Gasteiger partial charge in [-0.05, 0) is 18.9 Å². The number of nitrogens with zero attached hydrogens (tertiary/aromatic N) is 1. The summed E-state index contributed by atoms with van der Waals surface area (Å²) in [6.45, 7) is 8.34. The van der Waals surface area contributed by atoms with Crippen molar-refractivity contribution in [2.75, 3.05) is 6.61 Å². The molecule has 1 fully saturated rings. The van der Waals surface area contributed by atoms with Crippen molar-refractivity contribution in [1.82, 2.24) is 15.5 Å². The van der Waals surface area contributed by atoms with Gasteiger partial charge in [-0.1, -0.05) is 34.1 Å². The fourth-order valence-corrected chi connectivity index (χ4v) is 2.72. The van der Waals surface area contributed by atoms with Gasteiger partial charge in [0.25, 0.3) is 5.91 Å². The number of nitrogens with one attached hydrogen (secondary N) is 2. The molecule has 2 atom stereocenters. The Morgan fingerprint density at radius 2 is 2.30 bits per heavy atom. The van der Waals surface area contributed by atoms with Crippen LogP contribution in [-0.4, -0.2) is 33.9 Å². The maximum Gasteiger partial charge on any atom is 0.272 e. The maximum atomic E-state index is 12.3. The van der Waals surface area contributed by atoms with Crippen LogP contribution < -0.4 is 5.32 Å². The third-order valence-corrected chi connectivity index (χ3v) is 4.37. The Balaban J connectivity index is 2.07. The average molecular weight is 279 g/mol. The number of hydrogen-bond acceptors (Lipinski definition) is 3. The van der Waals surface area contributed by atoms with E-state index in [2.05, 4.69) is 36.3 Å². The Bertz CT molecular complexity index is 490. The van der Waals surface area contributed by atoms with Gasteiger partial charge in [-0.15, -0.1) is 0 Å². The number of amides is 1. The predicted octanol–water partition coefficient (Wildman–Crippen LogP) is 1.99. The highest BCUT2D eigenvalue weighted by Crippen LogP contribution is 2.37. The van der Waals surface area contributed by atoms with Gasteiger partial charge in [0.15, 0.2) is 0 Å². The second kappa shape index (κ2) is 5.20. The van der Waals surface area contributed by atoms with E-state index in [4.69, 9.17) is 0 Å². The quantitative estimate of drug-likeness (QED) is 0.791. The van der Waals surface area contributed by atoms with Gasteiger partial charge in [0, 0.05) is 22.6 Å². The molecule has 0 radical (unpaired) electrons. The van der Waals surface area contributed by atoms with Crippen LogP contribution in [0.25, 0.3) is 0 Å². The van der Waals surface area contributed by atoms with E-state index < -0.39 is 0 Å². The molecular formula is C15H25N3O2. The Hall–Kier alpha value is -1.36. The summed E-state index contributed by atoms with van der Waals surface area (Å²) in [5.41, 5.74) is 1.10. The smallest absolute Gasteiger partial charge is 0.272 e. The highest BCUT2D eigenvalue weighted by molar-refractivity contribution is 5.92. The summed E-state index contributed by atoms with van der Waals surface area (Å²) >= 11 is 0. The molecule has 1 amide bonds. The Kier molecular flexibility index (Phi) is 3.91. The summed E-state index contributed by atoms with van der Waals surface area (Å²) in [6, 6.07) is 1.83. The van der Waals surface area contributed by atoms with E-state index in [0.29, 0.717) is 5.69 Å². The van der Waals surface area contributed by atoms with Crippen molar-refractivity contribution in [3.05, 3.63) is 17.5 Å². The van der Waals surface area contributed by atoms with Crippen molar-refractivity contribution < 1.29 is 9.90 Å². The summed E-state index contributed by atoms with van der Waals surface area (Å²) < 4.78 is 0.